The molecule has 72 valence electrons. The predicted octanol–water partition coefficient (Wildman–Crippen LogP) is -0.566. The molecule has 0 radical (unpaired) electrons. The van der Waals surface area contributed by atoms with Gasteiger partial charge in [0.1, 0.15) is 9.84 Å². The summed E-state index contributed by atoms with van der Waals surface area (Å²) in [7, 11) is -4.07. The Kier molecular flexibility index (Phi) is 3.25. The van der Waals surface area contributed by atoms with Gasteiger partial charge in [-0.1, -0.05) is 0 Å². The van der Waals surface area contributed by atoms with Crippen molar-refractivity contribution in [2.75, 3.05) is 17.3 Å². The first kappa shape index (κ1) is 10.1. The van der Waals surface area contributed by atoms with Crippen LogP contribution in [-0.2, 0) is 20.8 Å². The molecule has 1 heterocycles. The number of hydrogen-bond donors (Lipinski definition) is 1. The Morgan fingerprint density at radius 1 is 1.33 bits per heavy atom. The zero-order chi connectivity index (χ0) is 9.19. The zero-order valence-corrected chi connectivity index (χ0v) is 8.36. The lowest BCUT2D eigenvalue weighted by atomic mass is 10.1. The topological polar surface area (TPSA) is 77.2 Å². The summed E-state index contributed by atoms with van der Waals surface area (Å²) >= 11 is 0. The van der Waals surface area contributed by atoms with Crippen LogP contribution >= 0.6 is 0 Å². The maximum Gasteiger partial charge on any atom is 0.150 e. The summed E-state index contributed by atoms with van der Waals surface area (Å²) in [6, 6.07) is 0. The van der Waals surface area contributed by atoms with E-state index in [1.54, 1.807) is 0 Å². The summed E-state index contributed by atoms with van der Waals surface area (Å²) in [6.45, 7) is 0. The second-order valence-corrected chi connectivity index (χ2v) is 6.54. The van der Waals surface area contributed by atoms with Crippen LogP contribution in [-0.4, -0.2) is 29.9 Å². The molecule has 1 aliphatic heterocycles. The minimum absolute atomic E-state index is 0.231. The second-order valence-electron chi connectivity index (χ2n) is 3.14. The van der Waals surface area contributed by atoms with Crippen molar-refractivity contribution in [3.05, 3.63) is 0 Å². The van der Waals surface area contributed by atoms with Gasteiger partial charge in [0.25, 0.3) is 0 Å². The Bertz CT molecular complexity index is 259. The molecule has 0 amide bonds. The van der Waals surface area contributed by atoms with Crippen LogP contribution in [0.1, 0.15) is 12.8 Å². The van der Waals surface area contributed by atoms with E-state index in [0.29, 0.717) is 18.6 Å². The normalized spacial score (nSPS) is 26.8. The number of sulfone groups is 1. The third kappa shape index (κ3) is 3.20. The van der Waals surface area contributed by atoms with E-state index >= 15 is 0 Å². The van der Waals surface area contributed by atoms with E-state index in [4.69, 9.17) is 5.14 Å². The molecule has 0 saturated carbocycles. The van der Waals surface area contributed by atoms with Crippen molar-refractivity contribution in [3.8, 4) is 0 Å². The summed E-state index contributed by atoms with van der Waals surface area (Å²) in [5.74, 6) is 1.14. The van der Waals surface area contributed by atoms with Crippen LogP contribution in [0.3, 0.4) is 0 Å². The first-order valence-electron chi connectivity index (χ1n) is 3.83. The Balaban J connectivity index is 2.41. The Hall–Kier alpha value is 0.0600. The maximum atomic E-state index is 11.0. The molecule has 1 aliphatic rings. The van der Waals surface area contributed by atoms with Gasteiger partial charge in [-0.15, -0.1) is 0 Å². The van der Waals surface area contributed by atoms with Crippen LogP contribution in [0.5, 0.6) is 0 Å². The molecule has 6 heteroatoms. The average molecular weight is 211 g/mol. The third-order valence-corrected chi connectivity index (χ3v) is 4.59. The lowest BCUT2D eigenvalue weighted by Crippen LogP contribution is -2.28. The van der Waals surface area contributed by atoms with Gasteiger partial charge in [-0.2, -0.15) is 0 Å². The molecule has 0 spiro atoms. The summed E-state index contributed by atoms with van der Waals surface area (Å²) in [5, 5.41) is 5.11. The monoisotopic (exact) mass is 211 g/mol. The highest BCUT2D eigenvalue weighted by Crippen LogP contribution is 2.18. The van der Waals surface area contributed by atoms with Crippen LogP contribution in [0.25, 0.3) is 0 Å². The van der Waals surface area contributed by atoms with E-state index in [2.05, 4.69) is 0 Å². The fourth-order valence-corrected chi connectivity index (χ4v) is 3.72. The smallest absolute Gasteiger partial charge is 0.150 e. The summed E-state index contributed by atoms with van der Waals surface area (Å²) in [6.07, 6.45) is 1.23. The van der Waals surface area contributed by atoms with Gasteiger partial charge >= 0.3 is 0 Å². The van der Waals surface area contributed by atoms with Crippen molar-refractivity contribution in [1.29, 1.82) is 0 Å². The molecular weight excluding hydrogens is 198 g/mol. The fourth-order valence-electron chi connectivity index (χ4n) is 1.34. The van der Waals surface area contributed by atoms with Gasteiger partial charge < -0.3 is 0 Å². The van der Waals surface area contributed by atoms with Gasteiger partial charge in [-0.25, -0.2) is 12.6 Å². The highest BCUT2D eigenvalue weighted by Gasteiger charge is 2.24. The van der Waals surface area contributed by atoms with Gasteiger partial charge in [0.2, 0.25) is 0 Å². The maximum absolute atomic E-state index is 11.0. The van der Waals surface area contributed by atoms with Gasteiger partial charge in [-0.3, -0.25) is 5.14 Å². The molecule has 0 aliphatic carbocycles. The van der Waals surface area contributed by atoms with Gasteiger partial charge in [0, 0.05) is 5.75 Å². The predicted molar refractivity (Wildman–Crippen MR) is 48.6 cm³/mol. The molecule has 1 fully saturated rings. The molecule has 1 saturated heterocycles. The second kappa shape index (κ2) is 3.85. The van der Waals surface area contributed by atoms with Crippen molar-refractivity contribution in [2.24, 2.45) is 11.1 Å². The summed E-state index contributed by atoms with van der Waals surface area (Å²) in [5.41, 5.74) is 0. The first-order chi connectivity index (χ1) is 5.49. The lowest BCUT2D eigenvalue weighted by molar-refractivity contribution is 0.502. The van der Waals surface area contributed by atoms with Crippen molar-refractivity contribution < 1.29 is 12.6 Å². The van der Waals surface area contributed by atoms with Crippen LogP contribution in [0.4, 0.5) is 0 Å². The van der Waals surface area contributed by atoms with E-state index in [9.17, 15) is 12.6 Å². The van der Waals surface area contributed by atoms with E-state index in [0.717, 1.165) is 0 Å². The molecule has 12 heavy (non-hydrogen) atoms. The molecule has 0 aromatic heterocycles. The van der Waals surface area contributed by atoms with E-state index in [-0.39, 0.29) is 17.4 Å². The average Bonchev–Trinajstić information content (AvgIpc) is 1.93. The first-order valence-corrected chi connectivity index (χ1v) is 7.03. The lowest BCUT2D eigenvalue weighted by Gasteiger charge is -2.20. The largest absolute Gasteiger partial charge is 0.252 e. The van der Waals surface area contributed by atoms with Crippen LogP contribution in [0.2, 0.25) is 0 Å². The minimum Gasteiger partial charge on any atom is -0.252 e. The van der Waals surface area contributed by atoms with Gasteiger partial charge in [0.05, 0.1) is 22.5 Å². The van der Waals surface area contributed by atoms with Gasteiger partial charge in [0.15, 0.2) is 0 Å². The molecule has 0 unspecified atom stereocenters. The quantitative estimate of drug-likeness (QED) is 0.664. The molecule has 1 rings (SSSR count). The highest BCUT2D eigenvalue weighted by molar-refractivity contribution is 7.91. The van der Waals surface area contributed by atoms with Crippen LogP contribution < -0.4 is 5.14 Å². The Morgan fingerprint density at radius 3 is 2.25 bits per heavy atom. The van der Waals surface area contributed by atoms with Crippen molar-refractivity contribution in [3.63, 3.8) is 0 Å². The van der Waals surface area contributed by atoms with E-state index in [1.807, 2.05) is 0 Å². The third-order valence-electron chi connectivity index (χ3n) is 2.07. The van der Waals surface area contributed by atoms with Crippen molar-refractivity contribution >= 4 is 20.8 Å². The molecular formula is C6H13NO3S2. The van der Waals surface area contributed by atoms with E-state index < -0.39 is 20.8 Å². The fraction of sp³-hybridized carbons (Fsp3) is 1.00. The van der Waals surface area contributed by atoms with Gasteiger partial charge in [-0.05, 0) is 18.8 Å². The molecule has 0 aromatic rings. The van der Waals surface area contributed by atoms with E-state index in [1.165, 1.54) is 0 Å². The molecule has 1 atom stereocenters. The Labute approximate surface area is 75.0 Å². The number of hydrogen-bond acceptors (Lipinski definition) is 3. The number of rotatable bonds is 2. The standard InChI is InChI=1S/C6H13NO3S2/c7-11(8)5-6-1-3-12(9,10)4-2-6/h6H,1-5,7H2/t11-/m1/s1. The number of nitrogens with two attached hydrogens (primary N) is 1. The molecule has 4 nitrogen and oxygen atoms in total. The molecule has 2 N–H and O–H groups in total. The molecule has 0 bridgehead atoms. The summed E-state index contributed by atoms with van der Waals surface area (Å²) < 4.78 is 32.6. The zero-order valence-electron chi connectivity index (χ0n) is 6.73. The molecule has 0 aromatic carbocycles. The summed E-state index contributed by atoms with van der Waals surface area (Å²) in [4.78, 5) is 0. The van der Waals surface area contributed by atoms with Crippen molar-refractivity contribution in [2.45, 2.75) is 12.8 Å². The van der Waals surface area contributed by atoms with Crippen LogP contribution in [0.15, 0.2) is 0 Å². The highest BCUT2D eigenvalue weighted by atomic mass is 32.2. The minimum atomic E-state index is -2.79. The SMILES string of the molecule is N[S@](=O)CC1CCS(=O)(=O)CC1. The van der Waals surface area contributed by atoms with Crippen LogP contribution in [0, 0.1) is 5.92 Å². The van der Waals surface area contributed by atoms with Crippen molar-refractivity contribution in [1.82, 2.24) is 0 Å². The Morgan fingerprint density at radius 2 is 1.83 bits per heavy atom.